The van der Waals surface area contributed by atoms with Crippen LogP contribution >= 0.6 is 0 Å². The van der Waals surface area contributed by atoms with Gasteiger partial charge in [0.1, 0.15) is 11.5 Å². The summed E-state index contributed by atoms with van der Waals surface area (Å²) in [7, 11) is 0.308. The van der Waals surface area contributed by atoms with E-state index in [1.807, 2.05) is 25.1 Å². The smallest absolute Gasteiger partial charge is 0.354 e. The number of aromatic nitrogens is 2. The van der Waals surface area contributed by atoms with Crippen LogP contribution in [-0.2, 0) is 35.7 Å². The standard InChI is InChI=1S/C21H26N6O4S/c1-26(2)13-10-27-20(31-11-13)18(9-23-27)32(22,30)25-21(29)24-19-14-5-3-4-12(14)8-16-15(19)6-7-17(16)28/h8-9,13H,3-7,10-11H2,1-2H3,(H3,22,24,25,29,30). The fourth-order valence-corrected chi connectivity index (χ4v) is 5.70. The maximum Gasteiger partial charge on any atom is 0.354 e. The number of rotatable bonds is 3. The van der Waals surface area contributed by atoms with Gasteiger partial charge in [-0.3, -0.25) is 4.79 Å². The fraction of sp³-hybridized carbons (Fsp3) is 0.476. The van der Waals surface area contributed by atoms with Crippen LogP contribution in [0.2, 0.25) is 0 Å². The molecular formula is C21H26N6O4S. The number of likely N-dealkylation sites (N-methyl/N-ethyl adjacent to an activating group) is 1. The largest absolute Gasteiger partial charge is 0.475 e. The Balaban J connectivity index is 1.45. The number of ketones is 1. The quantitative estimate of drug-likeness (QED) is 0.720. The molecule has 32 heavy (non-hydrogen) atoms. The number of aryl methyl sites for hydroxylation is 1. The van der Waals surface area contributed by atoms with Crippen LogP contribution in [0, 0.1) is 0 Å². The predicted octanol–water partition coefficient (Wildman–Crippen LogP) is 1.76. The molecule has 2 amide bonds. The van der Waals surface area contributed by atoms with Crippen LogP contribution in [0.1, 0.15) is 39.9 Å². The van der Waals surface area contributed by atoms with Crippen LogP contribution < -0.4 is 15.2 Å². The minimum Gasteiger partial charge on any atom is -0.475 e. The molecule has 1 aromatic heterocycles. The molecule has 2 unspecified atom stereocenters. The highest BCUT2D eigenvalue weighted by Gasteiger charge is 2.31. The van der Waals surface area contributed by atoms with Crippen LogP contribution in [0.4, 0.5) is 10.5 Å². The number of fused-ring (bicyclic) bond motifs is 3. The molecule has 5 rings (SSSR count). The first-order valence-electron chi connectivity index (χ1n) is 10.7. The van der Waals surface area contributed by atoms with Gasteiger partial charge in [-0.2, -0.15) is 5.10 Å². The zero-order chi connectivity index (χ0) is 22.6. The minimum absolute atomic E-state index is 0.0875. The summed E-state index contributed by atoms with van der Waals surface area (Å²) in [5, 5.41) is 13.0. The van der Waals surface area contributed by atoms with E-state index in [1.165, 1.54) is 6.20 Å². The van der Waals surface area contributed by atoms with Gasteiger partial charge in [0.05, 0.1) is 18.8 Å². The van der Waals surface area contributed by atoms with Gasteiger partial charge < -0.3 is 15.0 Å². The van der Waals surface area contributed by atoms with Gasteiger partial charge >= 0.3 is 6.03 Å². The number of anilines is 1. The molecule has 2 aliphatic carbocycles. The van der Waals surface area contributed by atoms with Crippen molar-refractivity contribution in [3.63, 3.8) is 0 Å². The van der Waals surface area contributed by atoms with E-state index in [2.05, 4.69) is 14.8 Å². The lowest BCUT2D eigenvalue weighted by atomic mass is 9.98. The van der Waals surface area contributed by atoms with Crippen LogP contribution in [0.5, 0.6) is 5.88 Å². The summed E-state index contributed by atoms with van der Waals surface area (Å²) in [6, 6.07) is 1.28. The Morgan fingerprint density at radius 2 is 2.12 bits per heavy atom. The molecule has 1 aliphatic heterocycles. The minimum atomic E-state index is -3.58. The monoisotopic (exact) mass is 458 g/mol. The van der Waals surface area contributed by atoms with Crippen LogP contribution in [0.15, 0.2) is 21.5 Å². The van der Waals surface area contributed by atoms with Crippen molar-refractivity contribution in [3.8, 4) is 5.88 Å². The normalized spacial score (nSPS) is 20.9. The van der Waals surface area contributed by atoms with Crippen LogP contribution in [-0.4, -0.2) is 57.4 Å². The van der Waals surface area contributed by atoms with Gasteiger partial charge in [-0.25, -0.2) is 18.8 Å². The van der Waals surface area contributed by atoms with E-state index >= 15 is 0 Å². The summed E-state index contributed by atoms with van der Waals surface area (Å²) in [5.74, 6) is 0.365. The number of ether oxygens (including phenoxy) is 1. The highest BCUT2D eigenvalue weighted by atomic mass is 32.2. The van der Waals surface area contributed by atoms with Crippen molar-refractivity contribution in [2.75, 3.05) is 26.0 Å². The van der Waals surface area contributed by atoms with Gasteiger partial charge in [0.15, 0.2) is 15.7 Å². The number of carbonyl (C=O) groups excluding carboxylic acids is 2. The first kappa shape index (κ1) is 21.1. The van der Waals surface area contributed by atoms with E-state index in [0.29, 0.717) is 37.2 Å². The van der Waals surface area contributed by atoms with E-state index in [1.54, 1.807) is 4.68 Å². The second kappa shape index (κ2) is 7.68. The lowest BCUT2D eigenvalue weighted by Gasteiger charge is -2.29. The van der Waals surface area contributed by atoms with Crippen molar-refractivity contribution in [2.24, 2.45) is 9.50 Å². The van der Waals surface area contributed by atoms with Crippen LogP contribution in [0.3, 0.4) is 0 Å². The Morgan fingerprint density at radius 1 is 1.31 bits per heavy atom. The molecule has 0 saturated heterocycles. The van der Waals surface area contributed by atoms with Gasteiger partial charge in [0.25, 0.3) is 0 Å². The van der Waals surface area contributed by atoms with Crippen LogP contribution in [0.25, 0.3) is 0 Å². The number of hydrogen-bond acceptors (Lipinski definition) is 6. The fourth-order valence-electron chi connectivity index (χ4n) is 4.70. The third kappa shape index (κ3) is 3.50. The van der Waals surface area contributed by atoms with E-state index in [4.69, 9.17) is 9.88 Å². The highest BCUT2D eigenvalue weighted by molar-refractivity contribution is 7.91. The number of nitrogens with two attached hydrogens (primary N) is 1. The van der Waals surface area contributed by atoms with E-state index < -0.39 is 15.9 Å². The average Bonchev–Trinajstić information content (AvgIpc) is 3.45. The topological polar surface area (TPSA) is 132 Å². The number of Topliss-reactive ketones (excluding diaryl/α,β-unsaturated/α-hetero) is 1. The second-order valence-electron chi connectivity index (χ2n) is 8.71. The second-order valence-corrected chi connectivity index (χ2v) is 10.5. The van der Waals surface area contributed by atoms with Crippen molar-refractivity contribution in [1.29, 1.82) is 0 Å². The third-order valence-electron chi connectivity index (χ3n) is 6.46. The van der Waals surface area contributed by atoms with Gasteiger partial charge in [0.2, 0.25) is 5.88 Å². The molecule has 3 N–H and O–H groups in total. The summed E-state index contributed by atoms with van der Waals surface area (Å²) < 4.78 is 24.4. The first-order valence-corrected chi connectivity index (χ1v) is 12.2. The predicted molar refractivity (Wildman–Crippen MR) is 118 cm³/mol. The summed E-state index contributed by atoms with van der Waals surface area (Å²) in [5.41, 5.74) is 4.25. The van der Waals surface area contributed by atoms with Crippen molar-refractivity contribution >= 4 is 27.4 Å². The first-order chi connectivity index (χ1) is 15.2. The molecule has 1 aromatic carbocycles. The molecule has 0 saturated carbocycles. The Hall–Kier alpha value is -2.76. The number of nitrogens with one attached hydrogen (secondary N) is 1. The lowest BCUT2D eigenvalue weighted by molar-refractivity contribution is 0.0994. The summed E-state index contributed by atoms with van der Waals surface area (Å²) in [6.45, 7) is 0.949. The molecule has 0 bridgehead atoms. The maximum atomic E-state index is 13.2. The Labute approximate surface area is 186 Å². The molecule has 0 fully saturated rings. The maximum absolute atomic E-state index is 13.2. The number of urea groups is 1. The van der Waals surface area contributed by atoms with E-state index in [9.17, 15) is 13.8 Å². The number of benzene rings is 1. The Kier molecular flexibility index (Phi) is 5.06. The van der Waals surface area contributed by atoms with Crippen molar-refractivity contribution in [1.82, 2.24) is 14.7 Å². The zero-order valence-electron chi connectivity index (χ0n) is 18.1. The third-order valence-corrected chi connectivity index (χ3v) is 7.81. The molecule has 2 heterocycles. The number of nitrogens with zero attached hydrogens (tertiary/aromatic N) is 4. The zero-order valence-corrected chi connectivity index (χ0v) is 18.9. The van der Waals surface area contributed by atoms with Gasteiger partial charge in [-0.1, -0.05) is 0 Å². The van der Waals surface area contributed by atoms with E-state index in [-0.39, 0.29) is 22.6 Å². The molecule has 170 valence electrons. The molecule has 2 aromatic rings. The Bertz CT molecular complexity index is 1260. The molecule has 3 aliphatic rings. The van der Waals surface area contributed by atoms with Crippen molar-refractivity contribution in [3.05, 3.63) is 34.5 Å². The van der Waals surface area contributed by atoms with E-state index in [0.717, 1.165) is 36.0 Å². The van der Waals surface area contributed by atoms with Gasteiger partial charge in [-0.15, -0.1) is 4.36 Å². The lowest BCUT2D eigenvalue weighted by Crippen LogP contribution is -2.41. The number of amides is 2. The van der Waals surface area contributed by atoms with Gasteiger partial charge in [-0.05, 0) is 62.5 Å². The molecule has 11 heteroatoms. The van der Waals surface area contributed by atoms with Gasteiger partial charge in [0, 0.05) is 17.7 Å². The Morgan fingerprint density at radius 3 is 2.91 bits per heavy atom. The summed E-state index contributed by atoms with van der Waals surface area (Å²) >= 11 is 0. The molecule has 0 spiro atoms. The van der Waals surface area contributed by atoms with Crippen molar-refractivity contribution in [2.45, 2.75) is 49.6 Å². The molecule has 10 nitrogen and oxygen atoms in total. The van der Waals surface area contributed by atoms with Crippen molar-refractivity contribution < 1.29 is 18.5 Å². The SMILES string of the molecule is CN(C)C1COc2c(S(N)(=O)=NC(=O)Nc3c4c(cc5c3CCC5=O)CCC4)cnn2C1. The summed E-state index contributed by atoms with van der Waals surface area (Å²) in [6.07, 6.45) is 5.02. The summed E-state index contributed by atoms with van der Waals surface area (Å²) in [4.78, 5) is 27.2. The molecule has 0 radical (unpaired) electrons. The molecule has 2 atom stereocenters. The molecular weight excluding hydrogens is 432 g/mol. The number of hydrogen-bond donors (Lipinski definition) is 2. The number of carbonyl (C=O) groups is 2. The average molecular weight is 459 g/mol. The highest BCUT2D eigenvalue weighted by Crippen LogP contribution is 2.38.